The molecule has 1 rings (SSSR count). The van der Waals surface area contributed by atoms with Crippen LogP contribution in [0.5, 0.6) is 0 Å². The summed E-state index contributed by atoms with van der Waals surface area (Å²) >= 11 is 0. The first-order valence-electron chi connectivity index (χ1n) is 5.23. The predicted molar refractivity (Wildman–Crippen MR) is 57.6 cm³/mol. The fourth-order valence-electron chi connectivity index (χ4n) is 1.13. The third-order valence-corrected chi connectivity index (χ3v) is 2.08. The normalized spacial score (nSPS) is 13.1. The molecule has 0 aromatic carbocycles. The fraction of sp³-hybridized carbons (Fsp3) is 0.455. The first-order valence-corrected chi connectivity index (χ1v) is 5.23. The summed E-state index contributed by atoms with van der Waals surface area (Å²) in [6.45, 7) is 0.0610. The van der Waals surface area contributed by atoms with E-state index in [1.807, 2.05) is 0 Å². The van der Waals surface area contributed by atoms with E-state index in [4.69, 9.17) is 0 Å². The van der Waals surface area contributed by atoms with Crippen LogP contribution in [0.25, 0.3) is 0 Å². The molecule has 0 saturated carbocycles. The number of nitrogens with one attached hydrogen (secondary N) is 1. The Morgan fingerprint density at radius 3 is 2.61 bits per heavy atom. The van der Waals surface area contributed by atoms with Crippen LogP contribution >= 0.6 is 0 Å². The second-order valence-corrected chi connectivity index (χ2v) is 3.64. The fourth-order valence-corrected chi connectivity index (χ4v) is 1.13. The minimum atomic E-state index is -4.43. The number of hydrogen-bond acceptors (Lipinski definition) is 3. The molecule has 0 aliphatic carbocycles. The van der Waals surface area contributed by atoms with Crippen molar-refractivity contribution < 1.29 is 22.7 Å². The van der Waals surface area contributed by atoms with Crippen LogP contribution in [0.4, 0.5) is 13.2 Å². The summed E-state index contributed by atoms with van der Waals surface area (Å²) in [5.74, 6) is -0.587. The molecule has 7 heteroatoms. The van der Waals surface area contributed by atoms with Crippen molar-refractivity contribution in [3.63, 3.8) is 0 Å². The maximum absolute atomic E-state index is 11.9. The molecule has 100 valence electrons. The van der Waals surface area contributed by atoms with Crippen LogP contribution in [0.1, 0.15) is 12.5 Å². The molecule has 1 aromatic rings. The maximum atomic E-state index is 11.9. The highest BCUT2D eigenvalue weighted by molar-refractivity contribution is 5.80. The molecule has 0 fully saturated rings. The Balaban J connectivity index is 2.32. The average Bonchev–Trinajstić information content (AvgIpc) is 2.33. The molecule has 0 spiro atoms. The maximum Gasteiger partial charge on any atom is 0.411 e. The lowest BCUT2D eigenvalue weighted by atomic mass is 10.2. The van der Waals surface area contributed by atoms with Gasteiger partial charge in [0.2, 0.25) is 5.91 Å². The zero-order valence-electron chi connectivity index (χ0n) is 9.70. The molecular weight excluding hydrogens is 249 g/mol. The Kier molecular flexibility index (Phi) is 5.08. The van der Waals surface area contributed by atoms with Crippen molar-refractivity contribution in [2.75, 3.05) is 6.61 Å². The van der Waals surface area contributed by atoms with E-state index < -0.39 is 24.8 Å². The van der Waals surface area contributed by atoms with Gasteiger partial charge in [0, 0.05) is 18.9 Å². The van der Waals surface area contributed by atoms with Gasteiger partial charge in [0.1, 0.15) is 12.7 Å². The number of amides is 1. The topological polar surface area (TPSA) is 51.2 Å². The summed E-state index contributed by atoms with van der Waals surface area (Å²) in [7, 11) is 0. The molecule has 1 amide bonds. The SMILES string of the molecule is CC(OCC(F)(F)F)C(=O)NCc1ccncc1. The second-order valence-electron chi connectivity index (χ2n) is 3.64. The molecule has 4 nitrogen and oxygen atoms in total. The lowest BCUT2D eigenvalue weighted by Crippen LogP contribution is -2.36. The summed E-state index contributed by atoms with van der Waals surface area (Å²) in [6, 6.07) is 3.39. The third-order valence-electron chi connectivity index (χ3n) is 2.08. The number of nitrogens with zero attached hydrogens (tertiary/aromatic N) is 1. The molecule has 0 saturated heterocycles. The summed E-state index contributed by atoms with van der Waals surface area (Å²) in [4.78, 5) is 15.2. The Bertz CT molecular complexity index is 382. The smallest absolute Gasteiger partial charge is 0.359 e. The number of hydrogen-bond donors (Lipinski definition) is 1. The number of alkyl halides is 3. The van der Waals surface area contributed by atoms with E-state index in [1.165, 1.54) is 6.92 Å². The minimum Gasteiger partial charge on any atom is -0.359 e. The molecule has 0 aliphatic rings. The number of carbonyl (C=O) groups excluding carboxylic acids is 1. The highest BCUT2D eigenvalue weighted by Gasteiger charge is 2.29. The number of pyridine rings is 1. The van der Waals surface area contributed by atoms with Crippen LogP contribution in [0.3, 0.4) is 0 Å². The van der Waals surface area contributed by atoms with Gasteiger partial charge in [-0.05, 0) is 24.6 Å². The van der Waals surface area contributed by atoms with E-state index >= 15 is 0 Å². The molecule has 1 unspecified atom stereocenters. The van der Waals surface area contributed by atoms with Crippen LogP contribution in [0.15, 0.2) is 24.5 Å². The van der Waals surface area contributed by atoms with Crippen LogP contribution in [0, 0.1) is 0 Å². The highest BCUT2D eigenvalue weighted by Crippen LogP contribution is 2.15. The van der Waals surface area contributed by atoms with Crippen molar-refractivity contribution in [1.29, 1.82) is 0 Å². The van der Waals surface area contributed by atoms with E-state index in [9.17, 15) is 18.0 Å². The van der Waals surface area contributed by atoms with Gasteiger partial charge in [-0.15, -0.1) is 0 Å². The Labute approximate surface area is 102 Å². The van der Waals surface area contributed by atoms with Gasteiger partial charge < -0.3 is 10.1 Å². The number of rotatable bonds is 5. The van der Waals surface area contributed by atoms with Gasteiger partial charge in [-0.1, -0.05) is 0 Å². The van der Waals surface area contributed by atoms with Gasteiger partial charge in [0.25, 0.3) is 0 Å². The second kappa shape index (κ2) is 6.34. The lowest BCUT2D eigenvalue weighted by Gasteiger charge is -2.14. The quantitative estimate of drug-likeness (QED) is 0.878. The molecule has 1 N–H and O–H groups in total. The first-order chi connectivity index (χ1) is 8.38. The lowest BCUT2D eigenvalue weighted by molar-refractivity contribution is -0.185. The molecule has 0 aliphatic heterocycles. The zero-order chi connectivity index (χ0) is 13.6. The van der Waals surface area contributed by atoms with Gasteiger partial charge in [-0.2, -0.15) is 13.2 Å². The monoisotopic (exact) mass is 262 g/mol. The number of aromatic nitrogens is 1. The number of ether oxygens (including phenoxy) is 1. The van der Waals surface area contributed by atoms with Crippen LogP contribution in [-0.4, -0.2) is 29.8 Å². The molecule has 18 heavy (non-hydrogen) atoms. The molecule has 1 aromatic heterocycles. The van der Waals surface area contributed by atoms with Crippen molar-refractivity contribution >= 4 is 5.91 Å². The van der Waals surface area contributed by atoms with Crippen LogP contribution < -0.4 is 5.32 Å². The van der Waals surface area contributed by atoms with E-state index in [0.29, 0.717) is 0 Å². The zero-order valence-corrected chi connectivity index (χ0v) is 9.70. The van der Waals surface area contributed by atoms with Crippen LogP contribution in [-0.2, 0) is 16.1 Å². The van der Waals surface area contributed by atoms with Crippen LogP contribution in [0.2, 0.25) is 0 Å². The van der Waals surface area contributed by atoms with Gasteiger partial charge in [-0.3, -0.25) is 9.78 Å². The standard InChI is InChI=1S/C11H13F3N2O2/c1-8(18-7-11(12,13)14)10(17)16-6-9-2-4-15-5-3-9/h2-5,8H,6-7H2,1H3,(H,16,17). The summed E-state index contributed by atoms with van der Waals surface area (Å²) < 4.78 is 40.0. The Morgan fingerprint density at radius 1 is 1.44 bits per heavy atom. The average molecular weight is 262 g/mol. The summed E-state index contributed by atoms with van der Waals surface area (Å²) in [5, 5.41) is 2.48. The van der Waals surface area contributed by atoms with Crippen molar-refractivity contribution in [2.24, 2.45) is 0 Å². The van der Waals surface area contributed by atoms with Crippen molar-refractivity contribution in [1.82, 2.24) is 10.3 Å². The van der Waals surface area contributed by atoms with E-state index in [-0.39, 0.29) is 6.54 Å². The van der Waals surface area contributed by atoms with Gasteiger partial charge in [0.05, 0.1) is 0 Å². The van der Waals surface area contributed by atoms with Gasteiger partial charge in [-0.25, -0.2) is 0 Å². The largest absolute Gasteiger partial charge is 0.411 e. The highest BCUT2D eigenvalue weighted by atomic mass is 19.4. The molecule has 1 heterocycles. The van der Waals surface area contributed by atoms with E-state index in [0.717, 1.165) is 5.56 Å². The number of halogens is 3. The Morgan fingerprint density at radius 2 is 2.06 bits per heavy atom. The molecular formula is C11H13F3N2O2. The Hall–Kier alpha value is -1.63. The summed E-state index contributed by atoms with van der Waals surface area (Å²) in [6.07, 6.45) is -2.45. The van der Waals surface area contributed by atoms with Crippen molar-refractivity contribution in [3.05, 3.63) is 30.1 Å². The molecule has 0 radical (unpaired) electrons. The third kappa shape index (κ3) is 5.62. The molecule has 0 bridgehead atoms. The summed E-state index contributed by atoms with van der Waals surface area (Å²) in [5.41, 5.74) is 0.807. The van der Waals surface area contributed by atoms with Crippen molar-refractivity contribution in [3.8, 4) is 0 Å². The van der Waals surface area contributed by atoms with E-state index in [1.54, 1.807) is 24.5 Å². The predicted octanol–water partition coefficient (Wildman–Crippen LogP) is 1.67. The first kappa shape index (κ1) is 14.4. The minimum absolute atomic E-state index is 0.223. The van der Waals surface area contributed by atoms with Gasteiger partial charge in [0.15, 0.2) is 0 Å². The van der Waals surface area contributed by atoms with Crippen molar-refractivity contribution in [2.45, 2.75) is 25.7 Å². The van der Waals surface area contributed by atoms with E-state index in [2.05, 4.69) is 15.0 Å². The number of carbonyl (C=O) groups is 1. The van der Waals surface area contributed by atoms with Gasteiger partial charge >= 0.3 is 6.18 Å². The molecule has 1 atom stereocenters.